The van der Waals surface area contributed by atoms with E-state index in [-0.39, 0.29) is 86.2 Å². The lowest BCUT2D eigenvalue weighted by atomic mass is 9.77. The van der Waals surface area contributed by atoms with Crippen molar-refractivity contribution in [3.05, 3.63) is 0 Å². The van der Waals surface area contributed by atoms with E-state index in [2.05, 4.69) is 5.32 Å². The van der Waals surface area contributed by atoms with E-state index in [0.29, 0.717) is 25.9 Å². The van der Waals surface area contributed by atoms with Crippen LogP contribution in [0.5, 0.6) is 0 Å². The molecule has 108 heavy (non-hydrogen) atoms. The Morgan fingerprint density at radius 2 is 0.880 bits per heavy atom. The van der Waals surface area contributed by atoms with Gasteiger partial charge in [-0.2, -0.15) is 0 Å². The minimum Gasteiger partial charge on any atom is -0.459 e. The van der Waals surface area contributed by atoms with Crippen LogP contribution in [0, 0.1) is 35.5 Å². The summed E-state index contributed by atoms with van der Waals surface area (Å²) in [6, 6.07) is -1.67. The number of likely N-dealkylation sites (N-methyl/N-ethyl adjacent to an activating group) is 3. The Bertz CT molecular complexity index is 2650. The fraction of sp³-hybridized carbons (Fsp3) is 0.974. The molecule has 6 aliphatic heterocycles. The van der Waals surface area contributed by atoms with E-state index >= 15 is 0 Å². The zero-order valence-corrected chi connectivity index (χ0v) is 70.9. The number of methoxy groups -OCH3 is 2. The predicted molar refractivity (Wildman–Crippen MR) is 405 cm³/mol. The van der Waals surface area contributed by atoms with Gasteiger partial charge in [0.05, 0.1) is 83.1 Å². The maximum atomic E-state index is 14.2. The lowest BCUT2D eigenvalue weighted by Gasteiger charge is -2.48. The Hall–Kier alpha value is -2.10. The fourth-order valence-electron chi connectivity index (χ4n) is 17.1. The van der Waals surface area contributed by atoms with Crippen molar-refractivity contribution in [1.82, 2.24) is 20.0 Å². The van der Waals surface area contributed by atoms with Crippen molar-refractivity contribution >= 4 is 11.9 Å². The first-order chi connectivity index (χ1) is 49.1. The second-order valence-electron chi connectivity index (χ2n) is 34.9. The number of hydrogen-bond donors (Lipinski definition) is 12. The number of nitrogens with one attached hydrogen (secondary N) is 1. The van der Waals surface area contributed by atoms with Crippen molar-refractivity contribution < 1.29 is 128 Å². The smallest absolute Gasteiger partial charge is 0.311 e. The summed E-state index contributed by atoms with van der Waals surface area (Å²) >= 11 is 0. The third-order valence-corrected chi connectivity index (χ3v) is 23.9. The summed E-state index contributed by atoms with van der Waals surface area (Å²) in [5.41, 5.74) is -8.75. The van der Waals surface area contributed by atoms with Gasteiger partial charge in [-0.1, -0.05) is 41.5 Å². The molecule has 6 heterocycles. The molecule has 0 spiro atoms. The number of aliphatic hydroxyl groups excluding tert-OH is 7. The van der Waals surface area contributed by atoms with Gasteiger partial charge in [0.1, 0.15) is 60.0 Å². The van der Waals surface area contributed by atoms with Gasteiger partial charge in [-0.3, -0.25) is 9.59 Å². The highest BCUT2D eigenvalue weighted by molar-refractivity contribution is 5.73. The Morgan fingerprint density at radius 1 is 0.537 bits per heavy atom. The topological polar surface area (TPSA) is 421 Å². The normalized spacial score (nSPS) is 47.8. The molecule has 30 nitrogen and oxygen atoms in total. The summed E-state index contributed by atoms with van der Waals surface area (Å²) in [7, 11) is 12.4. The van der Waals surface area contributed by atoms with Crippen LogP contribution in [0.1, 0.15) is 204 Å². The minimum atomic E-state index is -1.80. The summed E-state index contributed by atoms with van der Waals surface area (Å²) in [4.78, 5) is 34.1. The molecule has 6 fully saturated rings. The first-order valence-electron chi connectivity index (χ1n) is 39.3. The molecular weight excluding hydrogens is 1410 g/mol. The van der Waals surface area contributed by atoms with E-state index < -0.39 is 192 Å². The van der Waals surface area contributed by atoms with E-state index in [9.17, 15) is 60.7 Å². The summed E-state index contributed by atoms with van der Waals surface area (Å²) in [6.07, 6.45) is -16.6. The molecule has 0 aromatic carbocycles. The van der Waals surface area contributed by atoms with Gasteiger partial charge < -0.3 is 139 Å². The van der Waals surface area contributed by atoms with Crippen LogP contribution in [0.25, 0.3) is 0 Å². The van der Waals surface area contributed by atoms with Gasteiger partial charge in [0.25, 0.3) is 0 Å². The maximum absolute atomic E-state index is 14.2. The molecule has 0 aromatic rings. The van der Waals surface area contributed by atoms with Crippen LogP contribution in [-0.2, 0) is 66.4 Å². The van der Waals surface area contributed by atoms with Crippen LogP contribution in [-0.4, -0.2) is 338 Å². The van der Waals surface area contributed by atoms with Gasteiger partial charge in [-0.25, -0.2) is 0 Å². The van der Waals surface area contributed by atoms with Crippen molar-refractivity contribution in [2.24, 2.45) is 35.5 Å². The number of carbonyl (C=O) groups excluding carboxylic acids is 2. The number of aliphatic hydroxyl groups is 11. The van der Waals surface area contributed by atoms with Crippen LogP contribution in [0.15, 0.2) is 0 Å². The molecule has 14 N–H and O–H groups in total. The molecule has 0 radical (unpaired) electrons. The molecule has 36 atom stereocenters. The maximum Gasteiger partial charge on any atom is 0.311 e. The molecule has 0 amide bonds. The third-order valence-electron chi connectivity index (χ3n) is 23.9. The van der Waals surface area contributed by atoms with Crippen LogP contribution < -0.4 is 5.32 Å². The Morgan fingerprint density at radius 3 is 1.21 bits per heavy atom. The van der Waals surface area contributed by atoms with Gasteiger partial charge in [-0.05, 0) is 203 Å². The summed E-state index contributed by atoms with van der Waals surface area (Å²) in [5.74, 6) is -5.19. The molecule has 640 valence electrons. The first kappa shape index (κ1) is 100. The molecule has 17 unspecified atom stereocenters. The fourth-order valence-corrected chi connectivity index (χ4v) is 17.1. The van der Waals surface area contributed by atoms with Crippen molar-refractivity contribution in [2.75, 3.05) is 62.5 Å². The monoisotopic (exact) mass is 1560 g/mol. The Kier molecular flexibility index (Phi) is 38.6. The van der Waals surface area contributed by atoms with E-state index in [0.717, 1.165) is 0 Å². The number of carbonyl (C=O) groups is 2. The third kappa shape index (κ3) is 25.2. The second-order valence-corrected chi connectivity index (χ2v) is 34.9. The zero-order valence-electron chi connectivity index (χ0n) is 70.9. The van der Waals surface area contributed by atoms with Gasteiger partial charge in [0.2, 0.25) is 0 Å². The predicted octanol–water partition coefficient (Wildman–Crippen LogP) is 3.02. The largest absolute Gasteiger partial charge is 0.459 e. The van der Waals surface area contributed by atoms with Gasteiger partial charge in [-0.15, -0.1) is 0 Å². The van der Waals surface area contributed by atoms with E-state index in [4.69, 9.17) is 61.9 Å². The highest BCUT2D eigenvalue weighted by atomic mass is 16.7. The van der Waals surface area contributed by atoms with Crippen LogP contribution in [0.2, 0.25) is 0 Å². The lowest BCUT2D eigenvalue weighted by molar-refractivity contribution is -0.318. The number of rotatable bonds is 14. The second kappa shape index (κ2) is 41.6. The average molecular weight is 1560 g/mol. The highest BCUT2D eigenvalue weighted by Crippen LogP contribution is 2.44. The Balaban J connectivity index is 0.000000529. The summed E-state index contributed by atoms with van der Waals surface area (Å²) in [5, 5.41) is 127. The van der Waals surface area contributed by atoms with E-state index in [1.165, 1.54) is 28.1 Å². The highest BCUT2D eigenvalue weighted by Gasteiger charge is 2.56. The number of hydrogen-bond acceptors (Lipinski definition) is 29. The van der Waals surface area contributed by atoms with Crippen LogP contribution in [0.4, 0.5) is 0 Å². The van der Waals surface area contributed by atoms with Gasteiger partial charge in [0, 0.05) is 75.7 Å². The van der Waals surface area contributed by atoms with E-state index in [1.54, 1.807) is 96.9 Å². The quantitative estimate of drug-likeness (QED) is 0.111. The minimum absolute atomic E-state index is 0. The molecule has 0 saturated carbocycles. The van der Waals surface area contributed by atoms with E-state index in [1.807, 2.05) is 91.5 Å². The van der Waals surface area contributed by atoms with Crippen LogP contribution in [0.3, 0.4) is 0 Å². The average Bonchev–Trinajstić information content (AvgIpc) is 1.08. The molecule has 6 saturated heterocycles. The number of nitrogens with zero attached hydrogens (tertiary/aromatic N) is 3. The molecule has 0 bridgehead atoms. The molecule has 0 aliphatic carbocycles. The standard InChI is InChI=1S/C38H72N2O12.C37H70N2O12.C3H8O.H2O/c1-15-27-38(10,46)31(42)24(6)40(13)19-20(2)17-36(8,45)33(52-35-29(41)26(39(11)12)16-21(3)48-35)22(4)30(23(5)34(44)50-27)51-28-18-37(9,47-14)32(43)25(7)49-28;1-14-26-37(10,45)30(41)23(6)38-18-19(2)16-35(8,44)32(51-34-28(40)25(39(11)12)15-20(3)47-34)21(4)29(22(5)33(43)49-26)50-27-17-36(9,46-13)31(42)24(7)48-27;1-3(2)4;/h20-33,35,41-43,45-46H,15-19H2,1-14H3;19-32,34,38,40-42,44-45H,14-18H2,1-13H3;3-4H,1-2H3;1H2/t20-,21?,22+,23-,24-,25?,26?,27-,28?,29?,30+,31-,32?,33-,35?,36-,37?,38-;19-,20?,21?,22-,23-,24?,25?,26-,27?,28?,29+,30-,31?,32-,34?,35-,36?,37-;;/m11../s1. The number of cyclic esters (lactones) is 2. The summed E-state index contributed by atoms with van der Waals surface area (Å²) < 4.78 is 74.9. The lowest BCUT2D eigenvalue weighted by Crippen LogP contribution is -2.60. The van der Waals surface area contributed by atoms with Crippen molar-refractivity contribution in [2.45, 2.75) is 390 Å². The van der Waals surface area contributed by atoms with Gasteiger partial charge >= 0.3 is 11.9 Å². The molecule has 0 aromatic heterocycles. The molecule has 6 aliphatic rings. The first-order valence-corrected chi connectivity index (χ1v) is 39.3. The molecule has 6 rings (SSSR count). The van der Waals surface area contributed by atoms with Crippen molar-refractivity contribution in [3.63, 3.8) is 0 Å². The summed E-state index contributed by atoms with van der Waals surface area (Å²) in [6.45, 7) is 39.3. The number of ether oxygens (including phenoxy) is 12. The van der Waals surface area contributed by atoms with Gasteiger partial charge in [0.15, 0.2) is 25.2 Å². The van der Waals surface area contributed by atoms with Crippen LogP contribution >= 0.6 is 0 Å². The zero-order chi connectivity index (χ0) is 82.0. The molecule has 30 heteroatoms. The van der Waals surface area contributed by atoms with Crippen molar-refractivity contribution in [3.8, 4) is 0 Å². The van der Waals surface area contributed by atoms with Crippen molar-refractivity contribution in [1.29, 1.82) is 0 Å². The Labute approximate surface area is 646 Å². The SMILES string of the molecule is CC(C)O.CC[C@H]1OC(=O)[C@H](C)[C@@H](OC2CC(C)(OC)C(O)C(C)O2)C(C)[C@@H](OC2OC(C)CC(N(C)C)C2O)[C@](C)(O)C[C@@H](C)CN[C@H](C)[C@@H](O)[C@]1(C)O.CC[C@H]1OC(=O)[C@H](C)[C@@H](OC2CC(C)(OC)C(O)C(C)O2)[C@H](C)[C@@H](OC2OC(C)CC(N(C)C)C2O)[C@](C)(O)C[C@@H](C)CN(C)[C@H](C)[C@@H](O)[C@]1(C)O.O. The number of esters is 2. The molecular formula is C78H152N4O26.